The largest absolute Gasteiger partial charge is 0.444 e. The third-order valence-electron chi connectivity index (χ3n) is 3.94. The van der Waals surface area contributed by atoms with E-state index in [0.717, 1.165) is 32.4 Å². The van der Waals surface area contributed by atoms with Gasteiger partial charge < -0.3 is 9.64 Å². The Morgan fingerprint density at radius 2 is 1.91 bits per heavy atom. The number of amides is 1. The van der Waals surface area contributed by atoms with Crippen molar-refractivity contribution in [2.75, 3.05) is 13.1 Å². The van der Waals surface area contributed by atoms with Crippen LogP contribution in [0, 0.1) is 5.92 Å². The minimum Gasteiger partial charge on any atom is -0.444 e. The van der Waals surface area contributed by atoms with Crippen molar-refractivity contribution in [3.8, 4) is 0 Å². The Bertz CT molecular complexity index is 410. The van der Waals surface area contributed by atoms with Gasteiger partial charge in [-0.05, 0) is 64.4 Å². The Morgan fingerprint density at radius 1 is 1.27 bits per heavy atom. The number of piperidine rings is 1. The van der Waals surface area contributed by atoms with Crippen molar-refractivity contribution in [2.45, 2.75) is 58.5 Å². The average molecular weight is 305 g/mol. The molecule has 0 spiro atoms. The lowest BCUT2D eigenvalue weighted by molar-refractivity contribution is 0.0180. The topological polar surface area (TPSA) is 29.5 Å². The summed E-state index contributed by atoms with van der Waals surface area (Å²) >= 11 is 0. The quantitative estimate of drug-likeness (QED) is 0.639. The van der Waals surface area contributed by atoms with E-state index in [0.29, 0.717) is 5.92 Å². The zero-order valence-corrected chi connectivity index (χ0v) is 14.4. The van der Waals surface area contributed by atoms with E-state index in [1.54, 1.807) is 0 Å². The fraction of sp³-hybridized carbons (Fsp3) is 0.632. The molecule has 1 rings (SSSR count). The van der Waals surface area contributed by atoms with Crippen molar-refractivity contribution in [3.63, 3.8) is 0 Å². The second kappa shape index (κ2) is 8.82. The first-order valence-electron chi connectivity index (χ1n) is 8.27. The molecule has 0 aromatic rings. The third kappa shape index (κ3) is 6.97. The lowest BCUT2D eigenvalue weighted by atomic mass is 9.91. The van der Waals surface area contributed by atoms with Crippen molar-refractivity contribution < 1.29 is 9.53 Å². The summed E-state index contributed by atoms with van der Waals surface area (Å²) in [5, 5.41) is 0. The number of ether oxygens (including phenoxy) is 1. The molecule has 0 unspecified atom stereocenters. The second-order valence-electron chi connectivity index (χ2n) is 6.98. The van der Waals surface area contributed by atoms with Gasteiger partial charge in [-0.3, -0.25) is 0 Å². The Kier molecular flexibility index (Phi) is 7.43. The predicted octanol–water partition coefficient (Wildman–Crippen LogP) is 5.10. The molecule has 0 radical (unpaired) electrons. The molecule has 1 heterocycles. The van der Waals surface area contributed by atoms with Crippen molar-refractivity contribution in [3.05, 3.63) is 37.0 Å². The smallest absolute Gasteiger partial charge is 0.410 e. The van der Waals surface area contributed by atoms with Gasteiger partial charge in [0.05, 0.1) is 0 Å². The van der Waals surface area contributed by atoms with Crippen LogP contribution in [0.25, 0.3) is 0 Å². The molecule has 1 fully saturated rings. The molecule has 0 aromatic carbocycles. The Morgan fingerprint density at radius 3 is 2.41 bits per heavy atom. The van der Waals surface area contributed by atoms with Crippen LogP contribution < -0.4 is 0 Å². The number of nitrogens with zero attached hydrogens (tertiary/aromatic N) is 1. The number of allylic oxidation sites excluding steroid dienone is 4. The lowest BCUT2D eigenvalue weighted by Crippen LogP contribution is -2.41. The molecule has 1 saturated heterocycles. The summed E-state index contributed by atoms with van der Waals surface area (Å²) in [4.78, 5) is 13.9. The minimum atomic E-state index is -0.410. The molecule has 0 atom stereocenters. The van der Waals surface area contributed by atoms with Crippen LogP contribution in [0.3, 0.4) is 0 Å². The van der Waals surface area contributed by atoms with Crippen LogP contribution in [-0.2, 0) is 4.74 Å². The van der Waals surface area contributed by atoms with Crippen LogP contribution >= 0.6 is 0 Å². The first-order chi connectivity index (χ1) is 10.4. The highest BCUT2D eigenvalue weighted by atomic mass is 16.6. The molecule has 124 valence electrons. The summed E-state index contributed by atoms with van der Waals surface area (Å²) in [5.74, 6) is 0.716. The van der Waals surface area contributed by atoms with E-state index in [9.17, 15) is 4.79 Å². The predicted molar refractivity (Wildman–Crippen MR) is 92.9 cm³/mol. The molecule has 22 heavy (non-hydrogen) atoms. The molecule has 1 aliphatic rings. The number of carbonyl (C=O) groups excluding carboxylic acids is 1. The van der Waals surface area contributed by atoms with E-state index in [1.807, 2.05) is 43.9 Å². The van der Waals surface area contributed by atoms with E-state index < -0.39 is 5.60 Å². The molecular formula is C19H31NO2. The van der Waals surface area contributed by atoms with Crippen LogP contribution in [0.5, 0.6) is 0 Å². The normalized spacial score (nSPS) is 17.2. The number of hydrogen-bond donors (Lipinski definition) is 0. The first-order valence-corrected chi connectivity index (χ1v) is 8.27. The van der Waals surface area contributed by atoms with Gasteiger partial charge in [-0.15, -0.1) is 0 Å². The first kappa shape index (κ1) is 18.5. The molecule has 3 heteroatoms. The Balaban J connectivity index is 2.28. The van der Waals surface area contributed by atoms with Gasteiger partial charge in [-0.1, -0.05) is 31.4 Å². The summed E-state index contributed by atoms with van der Waals surface area (Å²) in [5.41, 5.74) is 0.841. The van der Waals surface area contributed by atoms with Gasteiger partial charge >= 0.3 is 6.09 Å². The fourth-order valence-corrected chi connectivity index (χ4v) is 2.73. The average Bonchev–Trinajstić information content (AvgIpc) is 2.45. The molecule has 0 N–H and O–H groups in total. The van der Waals surface area contributed by atoms with Gasteiger partial charge in [0.15, 0.2) is 0 Å². The van der Waals surface area contributed by atoms with Crippen LogP contribution in [0.1, 0.15) is 52.9 Å². The number of likely N-dealkylation sites (tertiary alicyclic amines) is 1. The molecule has 1 amide bonds. The summed E-state index contributed by atoms with van der Waals surface area (Å²) in [7, 11) is 0. The van der Waals surface area contributed by atoms with Gasteiger partial charge in [0.2, 0.25) is 0 Å². The van der Waals surface area contributed by atoms with Crippen LogP contribution in [0.2, 0.25) is 0 Å². The highest BCUT2D eigenvalue weighted by molar-refractivity contribution is 5.68. The monoisotopic (exact) mass is 305 g/mol. The van der Waals surface area contributed by atoms with Crippen molar-refractivity contribution in [1.82, 2.24) is 4.90 Å². The SMILES string of the molecule is C=C/C=C(\C=C)CCCC1CCN(C(=O)OC(C)(C)C)CC1. The fourth-order valence-electron chi connectivity index (χ4n) is 2.73. The van der Waals surface area contributed by atoms with Crippen molar-refractivity contribution in [1.29, 1.82) is 0 Å². The standard InChI is InChI=1S/C19H31NO2/c1-6-9-16(7-2)10-8-11-17-12-14-20(15-13-17)18(21)22-19(3,4)5/h6-7,9,17H,1-2,8,10-15H2,3-5H3/b16-9+. The van der Waals surface area contributed by atoms with Crippen LogP contribution in [-0.4, -0.2) is 29.7 Å². The zero-order valence-electron chi connectivity index (χ0n) is 14.4. The van der Waals surface area contributed by atoms with Gasteiger partial charge in [0.1, 0.15) is 5.60 Å². The third-order valence-corrected chi connectivity index (χ3v) is 3.94. The van der Waals surface area contributed by atoms with Gasteiger partial charge in [-0.2, -0.15) is 0 Å². The molecule has 0 bridgehead atoms. The maximum absolute atomic E-state index is 12.0. The highest BCUT2D eigenvalue weighted by Crippen LogP contribution is 2.25. The second-order valence-corrected chi connectivity index (χ2v) is 6.98. The summed E-state index contributed by atoms with van der Waals surface area (Å²) in [6.45, 7) is 14.9. The molecule has 0 aromatic heterocycles. The highest BCUT2D eigenvalue weighted by Gasteiger charge is 2.26. The van der Waals surface area contributed by atoms with E-state index in [2.05, 4.69) is 13.2 Å². The number of rotatable bonds is 6. The summed E-state index contributed by atoms with van der Waals surface area (Å²) in [6.07, 6.45) is 11.2. The van der Waals surface area contributed by atoms with Gasteiger partial charge in [0.25, 0.3) is 0 Å². The van der Waals surface area contributed by atoms with Crippen molar-refractivity contribution >= 4 is 6.09 Å². The van der Waals surface area contributed by atoms with Crippen molar-refractivity contribution in [2.24, 2.45) is 5.92 Å². The van der Waals surface area contributed by atoms with Gasteiger partial charge in [0, 0.05) is 13.1 Å². The van der Waals surface area contributed by atoms with E-state index >= 15 is 0 Å². The molecular weight excluding hydrogens is 274 g/mol. The molecule has 0 saturated carbocycles. The summed E-state index contributed by atoms with van der Waals surface area (Å²) in [6, 6.07) is 0. The van der Waals surface area contributed by atoms with E-state index in [1.165, 1.54) is 18.4 Å². The maximum atomic E-state index is 12.0. The Labute approximate surface area is 135 Å². The van der Waals surface area contributed by atoms with Crippen LogP contribution in [0.15, 0.2) is 37.0 Å². The molecule has 1 aliphatic heterocycles. The van der Waals surface area contributed by atoms with E-state index in [-0.39, 0.29) is 6.09 Å². The zero-order chi connectivity index (χ0) is 16.6. The molecule has 0 aliphatic carbocycles. The molecule has 3 nitrogen and oxygen atoms in total. The minimum absolute atomic E-state index is 0.172. The maximum Gasteiger partial charge on any atom is 0.410 e. The summed E-state index contributed by atoms with van der Waals surface area (Å²) < 4.78 is 5.43. The Hall–Kier alpha value is -1.51. The van der Waals surface area contributed by atoms with Gasteiger partial charge in [-0.25, -0.2) is 4.79 Å². The van der Waals surface area contributed by atoms with E-state index in [4.69, 9.17) is 4.74 Å². The van der Waals surface area contributed by atoms with Crippen LogP contribution in [0.4, 0.5) is 4.79 Å². The lowest BCUT2D eigenvalue weighted by Gasteiger charge is -2.33. The number of carbonyl (C=O) groups is 1. The number of hydrogen-bond acceptors (Lipinski definition) is 2.